The summed E-state index contributed by atoms with van der Waals surface area (Å²) in [6.45, 7) is 4.57. The maximum absolute atomic E-state index is 12.4. The van der Waals surface area contributed by atoms with Crippen molar-refractivity contribution < 1.29 is 14.4 Å². The van der Waals surface area contributed by atoms with Gasteiger partial charge in [0.2, 0.25) is 17.7 Å². The maximum Gasteiger partial charge on any atom is 0.239 e. The van der Waals surface area contributed by atoms with E-state index in [1.54, 1.807) is 12.1 Å². The first-order valence-electron chi connectivity index (χ1n) is 7.76. The zero-order valence-electron chi connectivity index (χ0n) is 13.6. The van der Waals surface area contributed by atoms with Crippen LogP contribution in [0.3, 0.4) is 0 Å². The van der Waals surface area contributed by atoms with Gasteiger partial charge < -0.3 is 15.5 Å². The number of rotatable bonds is 6. The first-order chi connectivity index (χ1) is 11.4. The first-order valence-corrected chi connectivity index (χ1v) is 9.01. The van der Waals surface area contributed by atoms with Gasteiger partial charge in [0, 0.05) is 29.4 Å². The molecule has 1 aliphatic rings. The first kappa shape index (κ1) is 18.6. The van der Waals surface area contributed by atoms with Crippen LogP contribution < -0.4 is 10.6 Å². The average Bonchev–Trinajstić information content (AvgIpc) is 2.53. The summed E-state index contributed by atoms with van der Waals surface area (Å²) in [6.07, 6.45) is 0.0474. The Morgan fingerprint density at radius 3 is 2.79 bits per heavy atom. The van der Waals surface area contributed by atoms with Crippen LogP contribution in [0.1, 0.15) is 20.3 Å². The van der Waals surface area contributed by atoms with Gasteiger partial charge in [0.25, 0.3) is 0 Å². The van der Waals surface area contributed by atoms with Crippen LogP contribution in [0.2, 0.25) is 5.02 Å². The van der Waals surface area contributed by atoms with Crippen molar-refractivity contribution in [1.82, 2.24) is 10.2 Å². The highest BCUT2D eigenvalue weighted by atomic mass is 35.5. The molecule has 2 rings (SSSR count). The molecule has 0 saturated heterocycles. The molecule has 0 fully saturated rings. The number of fused-ring (bicyclic) bond motifs is 1. The van der Waals surface area contributed by atoms with E-state index in [0.717, 1.165) is 4.90 Å². The Labute approximate surface area is 150 Å². The third-order valence-corrected chi connectivity index (χ3v) is 5.07. The highest BCUT2D eigenvalue weighted by Gasteiger charge is 2.30. The molecule has 6 nitrogen and oxygen atoms in total. The molecule has 2 N–H and O–H groups in total. The van der Waals surface area contributed by atoms with Gasteiger partial charge in [-0.05, 0) is 32.0 Å². The number of benzene rings is 1. The Hall–Kier alpha value is -1.73. The Kier molecular flexibility index (Phi) is 6.51. The average molecular weight is 370 g/mol. The van der Waals surface area contributed by atoms with Crippen LogP contribution in [0.15, 0.2) is 23.1 Å². The molecule has 1 unspecified atom stereocenters. The van der Waals surface area contributed by atoms with Crippen LogP contribution in [0, 0.1) is 0 Å². The summed E-state index contributed by atoms with van der Waals surface area (Å²) >= 11 is 7.26. The van der Waals surface area contributed by atoms with Crippen LogP contribution in [-0.4, -0.2) is 47.5 Å². The molecule has 0 aliphatic carbocycles. The number of nitrogens with zero attached hydrogens (tertiary/aromatic N) is 1. The van der Waals surface area contributed by atoms with Gasteiger partial charge in [-0.1, -0.05) is 11.6 Å². The summed E-state index contributed by atoms with van der Waals surface area (Å²) in [5.74, 6) is -0.639. The number of anilines is 1. The zero-order valence-corrected chi connectivity index (χ0v) is 15.2. The molecule has 1 heterocycles. The van der Waals surface area contributed by atoms with Crippen molar-refractivity contribution in [3.8, 4) is 0 Å². The Bertz CT molecular complexity index is 653. The lowest BCUT2D eigenvalue weighted by atomic mass is 10.2. The molecule has 0 saturated carbocycles. The standard InChI is InChI=1S/C16H20ClN3O3S/c1-3-18-14(21)9-20(4-2)15(22)8-13-16(23)19-11-7-10(17)5-6-12(11)24-13/h5-7,13H,3-4,8-9H2,1-2H3,(H,18,21)(H,19,23). The van der Waals surface area contributed by atoms with Crippen molar-refractivity contribution in [1.29, 1.82) is 0 Å². The fourth-order valence-electron chi connectivity index (χ4n) is 2.35. The molecule has 0 spiro atoms. The lowest BCUT2D eigenvalue weighted by molar-refractivity contribution is -0.136. The normalized spacial score (nSPS) is 16.1. The molecular weight excluding hydrogens is 350 g/mol. The van der Waals surface area contributed by atoms with E-state index in [2.05, 4.69) is 10.6 Å². The quantitative estimate of drug-likeness (QED) is 0.805. The number of thioether (sulfide) groups is 1. The van der Waals surface area contributed by atoms with Gasteiger partial charge >= 0.3 is 0 Å². The second kappa shape index (κ2) is 8.39. The second-order valence-corrected chi connectivity index (χ2v) is 6.98. The summed E-state index contributed by atoms with van der Waals surface area (Å²) < 4.78 is 0. The van der Waals surface area contributed by atoms with E-state index in [9.17, 15) is 14.4 Å². The lowest BCUT2D eigenvalue weighted by Gasteiger charge is -2.26. The van der Waals surface area contributed by atoms with Crippen LogP contribution in [0.25, 0.3) is 0 Å². The van der Waals surface area contributed by atoms with Gasteiger partial charge in [0.15, 0.2) is 0 Å². The zero-order chi connectivity index (χ0) is 17.7. The van der Waals surface area contributed by atoms with Crippen molar-refractivity contribution >= 4 is 46.8 Å². The number of hydrogen-bond donors (Lipinski definition) is 2. The summed E-state index contributed by atoms with van der Waals surface area (Å²) in [6, 6.07) is 5.26. The SMILES string of the molecule is CCNC(=O)CN(CC)C(=O)CC1Sc2ccc(Cl)cc2NC1=O. The Morgan fingerprint density at radius 2 is 2.12 bits per heavy atom. The molecule has 1 aromatic rings. The van der Waals surface area contributed by atoms with Gasteiger partial charge in [-0.3, -0.25) is 14.4 Å². The molecule has 1 aromatic carbocycles. The second-order valence-electron chi connectivity index (χ2n) is 5.30. The van der Waals surface area contributed by atoms with Crippen LogP contribution in [0.5, 0.6) is 0 Å². The lowest BCUT2D eigenvalue weighted by Crippen LogP contribution is -2.42. The summed E-state index contributed by atoms with van der Waals surface area (Å²) in [5, 5.41) is 5.47. The third kappa shape index (κ3) is 4.64. The van der Waals surface area contributed by atoms with Gasteiger partial charge in [-0.25, -0.2) is 0 Å². The van der Waals surface area contributed by atoms with Gasteiger partial charge in [-0.2, -0.15) is 0 Å². The van der Waals surface area contributed by atoms with E-state index in [4.69, 9.17) is 11.6 Å². The highest BCUT2D eigenvalue weighted by Crippen LogP contribution is 2.38. The summed E-state index contributed by atoms with van der Waals surface area (Å²) in [7, 11) is 0. The largest absolute Gasteiger partial charge is 0.355 e. The van der Waals surface area contributed by atoms with Crippen molar-refractivity contribution in [3.05, 3.63) is 23.2 Å². The predicted octanol–water partition coefficient (Wildman–Crippen LogP) is 2.13. The maximum atomic E-state index is 12.4. The minimum Gasteiger partial charge on any atom is -0.355 e. The number of likely N-dealkylation sites (N-methyl/N-ethyl adjacent to an activating group) is 2. The van der Waals surface area contributed by atoms with Crippen LogP contribution in [0.4, 0.5) is 5.69 Å². The number of amides is 3. The molecule has 0 radical (unpaired) electrons. The Balaban J connectivity index is 2.01. The molecule has 0 bridgehead atoms. The molecule has 8 heteroatoms. The van der Waals surface area contributed by atoms with Crippen molar-refractivity contribution in [3.63, 3.8) is 0 Å². The van der Waals surface area contributed by atoms with E-state index in [1.165, 1.54) is 16.7 Å². The topological polar surface area (TPSA) is 78.5 Å². The minimum atomic E-state index is -0.519. The molecule has 130 valence electrons. The smallest absolute Gasteiger partial charge is 0.239 e. The van der Waals surface area contributed by atoms with Gasteiger partial charge in [0.1, 0.15) is 0 Å². The van der Waals surface area contributed by atoms with E-state index in [-0.39, 0.29) is 30.7 Å². The van der Waals surface area contributed by atoms with Gasteiger partial charge in [0.05, 0.1) is 17.5 Å². The number of carbonyl (C=O) groups excluding carboxylic acids is 3. The van der Waals surface area contributed by atoms with Crippen molar-refractivity contribution in [2.24, 2.45) is 0 Å². The van der Waals surface area contributed by atoms with Crippen molar-refractivity contribution in [2.75, 3.05) is 25.0 Å². The molecular formula is C16H20ClN3O3S. The minimum absolute atomic E-state index is 0.00831. The number of halogens is 1. The summed E-state index contributed by atoms with van der Waals surface area (Å²) in [4.78, 5) is 38.6. The molecule has 1 atom stereocenters. The van der Waals surface area contributed by atoms with E-state index < -0.39 is 5.25 Å². The number of carbonyl (C=O) groups is 3. The van der Waals surface area contributed by atoms with E-state index in [0.29, 0.717) is 23.8 Å². The molecule has 0 aromatic heterocycles. The van der Waals surface area contributed by atoms with Crippen LogP contribution in [-0.2, 0) is 14.4 Å². The third-order valence-electron chi connectivity index (χ3n) is 3.56. The Morgan fingerprint density at radius 1 is 1.38 bits per heavy atom. The fraction of sp³-hybridized carbons (Fsp3) is 0.438. The monoisotopic (exact) mass is 369 g/mol. The highest BCUT2D eigenvalue weighted by molar-refractivity contribution is 8.01. The predicted molar refractivity (Wildman–Crippen MR) is 95.3 cm³/mol. The van der Waals surface area contributed by atoms with E-state index in [1.807, 2.05) is 19.9 Å². The molecule has 3 amide bonds. The molecule has 1 aliphatic heterocycles. The van der Waals surface area contributed by atoms with Crippen molar-refractivity contribution in [2.45, 2.75) is 30.4 Å². The summed E-state index contributed by atoms with van der Waals surface area (Å²) in [5.41, 5.74) is 0.663. The molecule has 24 heavy (non-hydrogen) atoms. The number of hydrogen-bond acceptors (Lipinski definition) is 4. The number of nitrogens with one attached hydrogen (secondary N) is 2. The fourth-order valence-corrected chi connectivity index (χ4v) is 3.60. The van der Waals surface area contributed by atoms with E-state index >= 15 is 0 Å². The van der Waals surface area contributed by atoms with Crippen LogP contribution >= 0.6 is 23.4 Å². The van der Waals surface area contributed by atoms with Gasteiger partial charge in [-0.15, -0.1) is 11.8 Å².